The number of piperidine rings is 1. The maximum absolute atomic E-state index is 12.6. The number of rotatable bonds is 7. The molecule has 0 bridgehead atoms. The van der Waals surface area contributed by atoms with Crippen LogP contribution in [-0.2, 0) is 21.2 Å². The normalized spacial score (nSPS) is 19.4. The van der Waals surface area contributed by atoms with Crippen molar-refractivity contribution in [2.45, 2.75) is 45.6 Å². The summed E-state index contributed by atoms with van der Waals surface area (Å²) in [6.45, 7) is 4.67. The van der Waals surface area contributed by atoms with E-state index in [9.17, 15) is 13.2 Å². The van der Waals surface area contributed by atoms with Gasteiger partial charge in [-0.3, -0.25) is 4.79 Å². The minimum Gasteiger partial charge on any atom is -0.354 e. The number of amides is 1. The Labute approximate surface area is 145 Å². The number of aryl methyl sites for hydroxylation is 1. The molecule has 0 unspecified atom stereocenters. The number of hydrogen-bond donors (Lipinski definition) is 1. The molecule has 1 aromatic carbocycles. The van der Waals surface area contributed by atoms with Gasteiger partial charge in [-0.1, -0.05) is 30.3 Å². The molecule has 5 nitrogen and oxygen atoms in total. The molecule has 1 N–H and O–H groups in total. The molecule has 1 amide bonds. The van der Waals surface area contributed by atoms with Gasteiger partial charge in [0.25, 0.3) is 0 Å². The second kappa shape index (κ2) is 8.62. The number of nitrogens with zero attached hydrogens (tertiary/aromatic N) is 1. The van der Waals surface area contributed by atoms with Crippen LogP contribution in [0.4, 0.5) is 0 Å². The van der Waals surface area contributed by atoms with E-state index in [0.29, 0.717) is 19.5 Å². The summed E-state index contributed by atoms with van der Waals surface area (Å²) in [7, 11) is -3.30. The zero-order chi connectivity index (χ0) is 17.6. The number of carbonyl (C=O) groups excluding carboxylic acids is 1. The Morgan fingerprint density at radius 2 is 2.00 bits per heavy atom. The van der Waals surface area contributed by atoms with Gasteiger partial charge < -0.3 is 5.32 Å². The summed E-state index contributed by atoms with van der Waals surface area (Å²) in [5.41, 5.74) is 1.15. The molecule has 0 spiro atoms. The summed E-state index contributed by atoms with van der Waals surface area (Å²) in [6.07, 6.45) is 2.86. The second-order valence-corrected chi connectivity index (χ2v) is 8.85. The fraction of sp³-hybridized carbons (Fsp3) is 0.611. The van der Waals surface area contributed by atoms with Gasteiger partial charge in [0.2, 0.25) is 15.9 Å². The van der Waals surface area contributed by atoms with Crippen molar-refractivity contribution in [2.75, 3.05) is 18.8 Å². The molecule has 6 heteroatoms. The van der Waals surface area contributed by atoms with E-state index in [4.69, 9.17) is 0 Å². The zero-order valence-electron chi connectivity index (χ0n) is 14.6. The van der Waals surface area contributed by atoms with Gasteiger partial charge in [0.15, 0.2) is 0 Å². The topological polar surface area (TPSA) is 66.5 Å². The van der Waals surface area contributed by atoms with Crippen molar-refractivity contribution in [3.8, 4) is 0 Å². The standard InChI is InChI=1S/C18H28N2O3S/c1-15(2)19-18(21)17-11-6-12-20(14-17)24(22,23)13-7-10-16-8-4-3-5-9-16/h3-5,8-9,15,17H,6-7,10-14H2,1-2H3,(H,19,21)/t17-/m0/s1. The average Bonchev–Trinajstić information content (AvgIpc) is 2.55. The van der Waals surface area contributed by atoms with Crippen LogP contribution in [0.1, 0.15) is 38.7 Å². The minimum atomic E-state index is -3.30. The van der Waals surface area contributed by atoms with Crippen LogP contribution in [0.5, 0.6) is 0 Å². The maximum Gasteiger partial charge on any atom is 0.224 e. The number of sulfonamides is 1. The molecular weight excluding hydrogens is 324 g/mol. The van der Waals surface area contributed by atoms with Gasteiger partial charge in [-0.25, -0.2) is 12.7 Å². The predicted molar refractivity (Wildman–Crippen MR) is 96.1 cm³/mol. The quantitative estimate of drug-likeness (QED) is 0.818. The fourth-order valence-electron chi connectivity index (χ4n) is 3.04. The summed E-state index contributed by atoms with van der Waals surface area (Å²) in [5, 5.41) is 2.89. The van der Waals surface area contributed by atoms with E-state index in [1.165, 1.54) is 4.31 Å². The molecule has 0 aliphatic carbocycles. The monoisotopic (exact) mass is 352 g/mol. The fourth-order valence-corrected chi connectivity index (χ4v) is 4.63. The molecule has 0 saturated carbocycles. The summed E-state index contributed by atoms with van der Waals surface area (Å²) in [4.78, 5) is 12.1. The van der Waals surface area contributed by atoms with Crippen LogP contribution in [-0.4, -0.2) is 43.5 Å². The molecule has 0 radical (unpaired) electrons. The molecule has 134 valence electrons. The van der Waals surface area contributed by atoms with Crippen molar-refractivity contribution in [2.24, 2.45) is 5.92 Å². The number of benzene rings is 1. The predicted octanol–water partition coefficient (Wildman–Crippen LogP) is 2.19. The first kappa shape index (κ1) is 18.9. The van der Waals surface area contributed by atoms with Gasteiger partial charge in [-0.2, -0.15) is 0 Å². The smallest absolute Gasteiger partial charge is 0.224 e. The third-order valence-electron chi connectivity index (χ3n) is 4.29. The highest BCUT2D eigenvalue weighted by Gasteiger charge is 2.32. The van der Waals surface area contributed by atoms with E-state index < -0.39 is 10.0 Å². The number of nitrogens with one attached hydrogen (secondary N) is 1. The largest absolute Gasteiger partial charge is 0.354 e. The minimum absolute atomic E-state index is 0.0332. The van der Waals surface area contributed by atoms with Gasteiger partial charge in [0, 0.05) is 19.1 Å². The number of hydrogen-bond acceptors (Lipinski definition) is 3. The van der Waals surface area contributed by atoms with Gasteiger partial charge in [0.1, 0.15) is 0 Å². The number of carbonyl (C=O) groups is 1. The maximum atomic E-state index is 12.6. The third kappa shape index (κ3) is 5.60. The van der Waals surface area contributed by atoms with Crippen LogP contribution in [0.2, 0.25) is 0 Å². The Hall–Kier alpha value is -1.40. The van der Waals surface area contributed by atoms with Crippen molar-refractivity contribution < 1.29 is 13.2 Å². The van der Waals surface area contributed by atoms with Crippen molar-refractivity contribution in [3.05, 3.63) is 35.9 Å². The highest BCUT2D eigenvalue weighted by molar-refractivity contribution is 7.89. The molecule has 1 aromatic rings. The molecule has 1 saturated heterocycles. The highest BCUT2D eigenvalue weighted by Crippen LogP contribution is 2.20. The first-order valence-corrected chi connectivity index (χ1v) is 10.3. The van der Waals surface area contributed by atoms with Gasteiger partial charge >= 0.3 is 0 Å². The van der Waals surface area contributed by atoms with Crippen molar-refractivity contribution in [3.63, 3.8) is 0 Å². The molecule has 1 fully saturated rings. The summed E-state index contributed by atoms with van der Waals surface area (Å²) >= 11 is 0. The lowest BCUT2D eigenvalue weighted by molar-refractivity contribution is -0.126. The molecular formula is C18H28N2O3S. The molecule has 1 aliphatic rings. The van der Waals surface area contributed by atoms with Crippen molar-refractivity contribution >= 4 is 15.9 Å². The van der Waals surface area contributed by atoms with E-state index >= 15 is 0 Å². The summed E-state index contributed by atoms with van der Waals surface area (Å²) in [5.74, 6) is -0.125. The van der Waals surface area contributed by atoms with Crippen LogP contribution < -0.4 is 5.32 Å². The van der Waals surface area contributed by atoms with Crippen molar-refractivity contribution in [1.29, 1.82) is 0 Å². The van der Waals surface area contributed by atoms with Crippen LogP contribution in [0.25, 0.3) is 0 Å². The Morgan fingerprint density at radius 1 is 1.29 bits per heavy atom. The molecule has 1 aliphatic heterocycles. The molecule has 0 aromatic heterocycles. The average molecular weight is 353 g/mol. The van der Waals surface area contributed by atoms with Gasteiger partial charge in [-0.15, -0.1) is 0 Å². The Bertz CT molecular complexity index is 629. The third-order valence-corrected chi connectivity index (χ3v) is 6.21. The second-order valence-electron chi connectivity index (χ2n) is 6.77. The lowest BCUT2D eigenvalue weighted by Crippen LogP contribution is -2.47. The van der Waals surface area contributed by atoms with E-state index in [2.05, 4.69) is 5.32 Å². The first-order chi connectivity index (χ1) is 11.4. The molecule has 1 atom stereocenters. The van der Waals surface area contributed by atoms with Gasteiger partial charge in [-0.05, 0) is 45.1 Å². The van der Waals surface area contributed by atoms with Crippen LogP contribution in [0, 0.1) is 5.92 Å². The highest BCUT2D eigenvalue weighted by atomic mass is 32.2. The Morgan fingerprint density at radius 3 is 2.67 bits per heavy atom. The Kier molecular flexibility index (Phi) is 6.80. The van der Waals surface area contributed by atoms with E-state index in [1.54, 1.807) is 0 Å². The SMILES string of the molecule is CC(C)NC(=O)[C@H]1CCCN(S(=O)(=O)CCCc2ccccc2)C1. The zero-order valence-corrected chi connectivity index (χ0v) is 15.4. The van der Waals surface area contributed by atoms with Crippen LogP contribution in [0.3, 0.4) is 0 Å². The van der Waals surface area contributed by atoms with Crippen LogP contribution >= 0.6 is 0 Å². The van der Waals surface area contributed by atoms with Crippen molar-refractivity contribution in [1.82, 2.24) is 9.62 Å². The molecule has 1 heterocycles. The van der Waals surface area contributed by atoms with Crippen LogP contribution in [0.15, 0.2) is 30.3 Å². The van der Waals surface area contributed by atoms with Gasteiger partial charge in [0.05, 0.1) is 11.7 Å². The van der Waals surface area contributed by atoms with E-state index in [1.807, 2.05) is 44.2 Å². The lowest BCUT2D eigenvalue weighted by Gasteiger charge is -2.31. The first-order valence-electron chi connectivity index (χ1n) is 8.70. The summed E-state index contributed by atoms with van der Waals surface area (Å²) in [6, 6.07) is 9.99. The molecule has 24 heavy (non-hydrogen) atoms. The van der Waals surface area contributed by atoms with E-state index in [-0.39, 0.29) is 23.6 Å². The van der Waals surface area contributed by atoms with E-state index in [0.717, 1.165) is 24.8 Å². The molecule has 2 rings (SSSR count). The summed E-state index contributed by atoms with van der Waals surface area (Å²) < 4.78 is 26.6. The lowest BCUT2D eigenvalue weighted by atomic mass is 9.98. The Balaban J connectivity index is 1.87.